The number of hydrogen-bond donors (Lipinski definition) is 2. The maximum atomic E-state index is 12.6. The molecule has 0 saturated heterocycles. The van der Waals surface area contributed by atoms with Gasteiger partial charge >= 0.3 is 0 Å². The van der Waals surface area contributed by atoms with E-state index in [-0.39, 0.29) is 5.91 Å². The molecule has 2 N–H and O–H groups in total. The average molecular weight is 284 g/mol. The summed E-state index contributed by atoms with van der Waals surface area (Å²) < 4.78 is 1.78. The first-order chi connectivity index (χ1) is 10.1. The minimum absolute atomic E-state index is 0.0604. The monoisotopic (exact) mass is 284 g/mol. The largest absolute Gasteiger partial charge is 0.385 e. The molecule has 21 heavy (non-hydrogen) atoms. The lowest BCUT2D eigenvalue weighted by Gasteiger charge is -2.20. The lowest BCUT2D eigenvalue weighted by Crippen LogP contribution is -2.19. The highest BCUT2D eigenvalue weighted by Crippen LogP contribution is 2.27. The summed E-state index contributed by atoms with van der Waals surface area (Å²) in [6.07, 6.45) is 2.00. The van der Waals surface area contributed by atoms with Gasteiger partial charge in [0.1, 0.15) is 0 Å². The molecule has 0 saturated carbocycles. The van der Waals surface area contributed by atoms with Crippen molar-refractivity contribution in [3.63, 3.8) is 0 Å². The van der Waals surface area contributed by atoms with E-state index >= 15 is 0 Å². The number of rotatable bonds is 2. The number of fused-ring (bicyclic) bond motifs is 1. The van der Waals surface area contributed by atoms with Gasteiger partial charge in [-0.2, -0.15) is 5.10 Å². The summed E-state index contributed by atoms with van der Waals surface area (Å²) in [5.41, 5.74) is 5.55. The molecule has 0 aliphatic carbocycles. The van der Waals surface area contributed by atoms with Gasteiger partial charge in [0.05, 0.1) is 17.1 Å². The minimum atomic E-state index is -0.0604. The molecule has 0 bridgehead atoms. The molecule has 1 aliphatic heterocycles. The van der Waals surface area contributed by atoms with Crippen molar-refractivity contribution in [2.24, 2.45) is 7.05 Å². The molecule has 5 nitrogen and oxygen atoms in total. The third-order valence-electron chi connectivity index (χ3n) is 4.09. The first kappa shape index (κ1) is 13.7. The van der Waals surface area contributed by atoms with Crippen molar-refractivity contribution in [3.8, 4) is 0 Å². The Morgan fingerprint density at radius 1 is 1.38 bits per heavy atom. The molecule has 1 aliphatic rings. The fourth-order valence-corrected chi connectivity index (χ4v) is 2.86. The first-order valence-corrected chi connectivity index (χ1v) is 7.25. The Hall–Kier alpha value is -2.30. The van der Waals surface area contributed by atoms with Gasteiger partial charge in [-0.25, -0.2) is 0 Å². The van der Waals surface area contributed by atoms with Gasteiger partial charge < -0.3 is 10.6 Å². The van der Waals surface area contributed by atoms with E-state index in [4.69, 9.17) is 0 Å². The highest BCUT2D eigenvalue weighted by atomic mass is 16.1. The third kappa shape index (κ3) is 2.39. The summed E-state index contributed by atoms with van der Waals surface area (Å²) in [5.74, 6) is -0.0604. The van der Waals surface area contributed by atoms with E-state index in [2.05, 4.69) is 15.7 Å². The predicted octanol–water partition coefficient (Wildman–Crippen LogP) is 2.65. The van der Waals surface area contributed by atoms with Crippen molar-refractivity contribution in [2.75, 3.05) is 17.2 Å². The summed E-state index contributed by atoms with van der Waals surface area (Å²) in [6, 6.07) is 5.85. The molecule has 2 aromatic rings. The number of aryl methyl sites for hydroxylation is 2. The number of aromatic nitrogens is 2. The number of carbonyl (C=O) groups excluding carboxylic acids is 1. The van der Waals surface area contributed by atoms with E-state index < -0.39 is 0 Å². The Morgan fingerprint density at radius 3 is 2.90 bits per heavy atom. The van der Waals surface area contributed by atoms with Crippen LogP contribution in [0.3, 0.4) is 0 Å². The van der Waals surface area contributed by atoms with Crippen LogP contribution in [-0.2, 0) is 13.5 Å². The van der Waals surface area contributed by atoms with Gasteiger partial charge in [0, 0.05) is 24.8 Å². The van der Waals surface area contributed by atoms with Crippen LogP contribution in [0, 0.1) is 13.8 Å². The van der Waals surface area contributed by atoms with Crippen molar-refractivity contribution in [2.45, 2.75) is 26.7 Å². The molecular weight excluding hydrogens is 264 g/mol. The van der Waals surface area contributed by atoms with E-state index in [1.807, 2.05) is 39.1 Å². The van der Waals surface area contributed by atoms with Crippen molar-refractivity contribution < 1.29 is 4.79 Å². The summed E-state index contributed by atoms with van der Waals surface area (Å²) >= 11 is 0. The predicted molar refractivity (Wildman–Crippen MR) is 83.9 cm³/mol. The van der Waals surface area contributed by atoms with Gasteiger partial charge in [-0.1, -0.05) is 6.07 Å². The van der Waals surface area contributed by atoms with Crippen molar-refractivity contribution in [1.82, 2.24) is 9.78 Å². The molecule has 2 heterocycles. The molecule has 5 heteroatoms. The SMILES string of the molecule is Cc1nn(C)c(C)c1NC(=O)c1cccc2c1CCCN2. The average Bonchev–Trinajstić information content (AvgIpc) is 2.73. The Labute approximate surface area is 124 Å². The normalized spacial score (nSPS) is 13.5. The summed E-state index contributed by atoms with van der Waals surface area (Å²) in [6.45, 7) is 4.83. The molecule has 0 atom stereocenters. The minimum Gasteiger partial charge on any atom is -0.385 e. The van der Waals surface area contributed by atoms with Crippen LogP contribution >= 0.6 is 0 Å². The van der Waals surface area contributed by atoms with Crippen LogP contribution in [0.2, 0.25) is 0 Å². The number of benzene rings is 1. The number of amides is 1. The van der Waals surface area contributed by atoms with Crippen LogP contribution in [0.25, 0.3) is 0 Å². The fourth-order valence-electron chi connectivity index (χ4n) is 2.86. The van der Waals surface area contributed by atoms with Crippen molar-refractivity contribution in [3.05, 3.63) is 40.7 Å². The standard InChI is InChI=1S/C16H20N4O/c1-10-15(11(2)20(3)19-10)18-16(21)13-6-4-8-14-12(13)7-5-9-17-14/h4,6,8,17H,5,7,9H2,1-3H3,(H,18,21). The first-order valence-electron chi connectivity index (χ1n) is 7.25. The number of nitrogens with zero attached hydrogens (tertiary/aromatic N) is 2. The number of carbonyl (C=O) groups is 1. The van der Waals surface area contributed by atoms with E-state index in [9.17, 15) is 4.79 Å². The van der Waals surface area contributed by atoms with Gasteiger partial charge in [-0.05, 0) is 44.4 Å². The second-order valence-corrected chi connectivity index (χ2v) is 5.49. The summed E-state index contributed by atoms with van der Waals surface area (Å²) in [4.78, 5) is 12.6. The molecule has 0 radical (unpaired) electrons. The van der Waals surface area contributed by atoms with Crippen LogP contribution in [0.5, 0.6) is 0 Å². The van der Waals surface area contributed by atoms with Gasteiger partial charge in [-0.15, -0.1) is 0 Å². The highest BCUT2D eigenvalue weighted by molar-refractivity contribution is 6.06. The van der Waals surface area contributed by atoms with Crippen LogP contribution in [0.1, 0.15) is 33.7 Å². The van der Waals surface area contributed by atoms with Gasteiger partial charge in [0.15, 0.2) is 0 Å². The van der Waals surface area contributed by atoms with Crippen LogP contribution in [0.4, 0.5) is 11.4 Å². The topological polar surface area (TPSA) is 59.0 Å². The highest BCUT2D eigenvalue weighted by Gasteiger charge is 2.19. The van der Waals surface area contributed by atoms with Gasteiger partial charge in [0.25, 0.3) is 5.91 Å². The quantitative estimate of drug-likeness (QED) is 0.891. The van der Waals surface area contributed by atoms with E-state index in [1.54, 1.807) is 4.68 Å². The van der Waals surface area contributed by atoms with Gasteiger partial charge in [-0.3, -0.25) is 9.48 Å². The van der Waals surface area contributed by atoms with Crippen LogP contribution in [0.15, 0.2) is 18.2 Å². The zero-order valence-electron chi connectivity index (χ0n) is 12.7. The molecular formula is C16H20N4O. The Balaban J connectivity index is 1.93. The Kier molecular flexibility index (Phi) is 3.41. The zero-order chi connectivity index (χ0) is 15.0. The second-order valence-electron chi connectivity index (χ2n) is 5.49. The van der Waals surface area contributed by atoms with E-state index in [1.165, 1.54) is 0 Å². The Bertz CT molecular complexity index is 703. The molecule has 1 aromatic heterocycles. The molecule has 1 amide bonds. The summed E-state index contributed by atoms with van der Waals surface area (Å²) in [5, 5.41) is 10.7. The van der Waals surface area contributed by atoms with Gasteiger partial charge in [0.2, 0.25) is 0 Å². The number of hydrogen-bond acceptors (Lipinski definition) is 3. The number of nitrogens with one attached hydrogen (secondary N) is 2. The fraction of sp³-hybridized carbons (Fsp3) is 0.375. The molecule has 3 rings (SSSR count). The summed E-state index contributed by atoms with van der Waals surface area (Å²) in [7, 11) is 1.88. The lowest BCUT2D eigenvalue weighted by molar-refractivity contribution is 0.102. The molecule has 1 aromatic carbocycles. The van der Waals surface area contributed by atoms with E-state index in [0.29, 0.717) is 0 Å². The van der Waals surface area contributed by atoms with Crippen LogP contribution in [-0.4, -0.2) is 22.2 Å². The smallest absolute Gasteiger partial charge is 0.256 e. The van der Waals surface area contributed by atoms with Crippen molar-refractivity contribution in [1.29, 1.82) is 0 Å². The molecule has 0 fully saturated rings. The molecule has 0 unspecified atom stereocenters. The zero-order valence-corrected chi connectivity index (χ0v) is 12.7. The van der Waals surface area contributed by atoms with Crippen molar-refractivity contribution >= 4 is 17.3 Å². The van der Waals surface area contributed by atoms with E-state index in [0.717, 1.165) is 53.3 Å². The molecule has 110 valence electrons. The maximum Gasteiger partial charge on any atom is 0.256 e. The maximum absolute atomic E-state index is 12.6. The Morgan fingerprint density at radius 2 is 2.19 bits per heavy atom. The third-order valence-corrected chi connectivity index (χ3v) is 4.09. The van der Waals surface area contributed by atoms with Crippen LogP contribution < -0.4 is 10.6 Å². The number of anilines is 2. The lowest BCUT2D eigenvalue weighted by atomic mass is 9.97. The second kappa shape index (κ2) is 5.24. The molecule has 0 spiro atoms.